The average Bonchev–Trinajstić information content (AvgIpc) is 2.43. The number of benzene rings is 2. The van der Waals surface area contributed by atoms with Crippen molar-refractivity contribution in [3.8, 4) is 5.75 Å². The van der Waals surface area contributed by atoms with E-state index in [1.165, 1.54) is 17.7 Å². The van der Waals surface area contributed by atoms with Crippen molar-refractivity contribution in [2.75, 3.05) is 0 Å². The summed E-state index contributed by atoms with van der Waals surface area (Å²) >= 11 is 0. The molecule has 0 fully saturated rings. The molecule has 0 aliphatic rings. The molecular weight excluding hydrogens is 253 g/mol. The Morgan fingerprint density at radius 2 is 1.70 bits per heavy atom. The predicted octanol–water partition coefficient (Wildman–Crippen LogP) is 3.79. The van der Waals surface area contributed by atoms with E-state index in [1.54, 1.807) is 6.07 Å². The van der Waals surface area contributed by atoms with Crippen molar-refractivity contribution in [2.45, 2.75) is 33.9 Å². The molecule has 0 heterocycles. The summed E-state index contributed by atoms with van der Waals surface area (Å²) in [5, 5.41) is 0. The molecule has 0 saturated heterocycles. The molecule has 0 bridgehead atoms. The van der Waals surface area contributed by atoms with Gasteiger partial charge in [0.25, 0.3) is 0 Å². The molecule has 2 aromatic rings. The fourth-order valence-corrected chi connectivity index (χ4v) is 2.23. The Morgan fingerprint density at radius 3 is 2.40 bits per heavy atom. The third kappa shape index (κ3) is 2.99. The van der Waals surface area contributed by atoms with Crippen LogP contribution in [0.15, 0.2) is 30.3 Å². The second-order valence-electron chi connectivity index (χ2n) is 5.06. The number of ether oxygens (including phenoxy) is 1. The van der Waals surface area contributed by atoms with Gasteiger partial charge in [0.1, 0.15) is 18.2 Å². The van der Waals surface area contributed by atoms with Crippen LogP contribution in [0.2, 0.25) is 0 Å². The summed E-state index contributed by atoms with van der Waals surface area (Å²) < 4.78 is 19.2. The molecule has 2 N–H and O–H groups in total. The van der Waals surface area contributed by atoms with E-state index in [0.29, 0.717) is 13.2 Å². The largest absolute Gasteiger partial charge is 0.488 e. The first-order chi connectivity index (χ1) is 9.52. The summed E-state index contributed by atoms with van der Waals surface area (Å²) in [6.07, 6.45) is 0. The van der Waals surface area contributed by atoms with Gasteiger partial charge < -0.3 is 10.5 Å². The second-order valence-corrected chi connectivity index (χ2v) is 5.06. The Balaban J connectivity index is 2.25. The molecular formula is C17H20FNO. The molecule has 0 atom stereocenters. The zero-order valence-corrected chi connectivity index (χ0v) is 12.2. The summed E-state index contributed by atoms with van der Waals surface area (Å²) in [5.41, 5.74) is 10.8. The maximum Gasteiger partial charge on any atom is 0.125 e. The van der Waals surface area contributed by atoms with Crippen molar-refractivity contribution in [1.29, 1.82) is 0 Å². The zero-order chi connectivity index (χ0) is 14.7. The third-order valence-corrected chi connectivity index (χ3v) is 3.63. The normalized spacial score (nSPS) is 10.7. The number of nitrogens with two attached hydrogens (primary N) is 1. The zero-order valence-electron chi connectivity index (χ0n) is 12.2. The van der Waals surface area contributed by atoms with Crippen LogP contribution in [0.1, 0.15) is 27.8 Å². The molecule has 0 aliphatic heterocycles. The van der Waals surface area contributed by atoms with E-state index in [-0.39, 0.29) is 5.82 Å². The Kier molecular flexibility index (Phi) is 4.40. The molecule has 0 aliphatic carbocycles. The van der Waals surface area contributed by atoms with Gasteiger partial charge in [0.05, 0.1) is 0 Å². The Labute approximate surface area is 119 Å². The smallest absolute Gasteiger partial charge is 0.125 e. The van der Waals surface area contributed by atoms with Crippen LogP contribution in [-0.2, 0) is 13.2 Å². The lowest BCUT2D eigenvalue weighted by Crippen LogP contribution is -2.06. The molecule has 2 rings (SSSR count). The topological polar surface area (TPSA) is 35.2 Å². The SMILES string of the molecule is Cc1ccc(C)c(OCc2cc(F)ccc2CN)c1C. The van der Waals surface area contributed by atoms with Gasteiger partial charge >= 0.3 is 0 Å². The van der Waals surface area contributed by atoms with Gasteiger partial charge in [-0.1, -0.05) is 18.2 Å². The maximum atomic E-state index is 13.3. The van der Waals surface area contributed by atoms with Crippen LogP contribution >= 0.6 is 0 Å². The Hall–Kier alpha value is -1.87. The molecule has 0 radical (unpaired) electrons. The van der Waals surface area contributed by atoms with E-state index in [1.807, 2.05) is 19.9 Å². The number of hydrogen-bond donors (Lipinski definition) is 1. The van der Waals surface area contributed by atoms with Gasteiger partial charge in [0.2, 0.25) is 0 Å². The van der Waals surface area contributed by atoms with Crippen molar-refractivity contribution >= 4 is 0 Å². The van der Waals surface area contributed by atoms with Crippen molar-refractivity contribution < 1.29 is 9.13 Å². The highest BCUT2D eigenvalue weighted by Gasteiger charge is 2.09. The number of halogens is 1. The molecule has 0 aromatic heterocycles. The van der Waals surface area contributed by atoms with Crippen molar-refractivity contribution in [2.24, 2.45) is 5.73 Å². The number of rotatable bonds is 4. The lowest BCUT2D eigenvalue weighted by molar-refractivity contribution is 0.300. The molecule has 106 valence electrons. The summed E-state index contributed by atoms with van der Waals surface area (Å²) in [4.78, 5) is 0. The third-order valence-electron chi connectivity index (χ3n) is 3.63. The van der Waals surface area contributed by atoms with Gasteiger partial charge in [-0.3, -0.25) is 0 Å². The highest BCUT2D eigenvalue weighted by Crippen LogP contribution is 2.27. The minimum atomic E-state index is -0.265. The first-order valence-corrected chi connectivity index (χ1v) is 6.70. The number of aryl methyl sites for hydroxylation is 2. The highest BCUT2D eigenvalue weighted by atomic mass is 19.1. The van der Waals surface area contributed by atoms with Crippen LogP contribution in [0, 0.1) is 26.6 Å². The van der Waals surface area contributed by atoms with Crippen molar-refractivity contribution in [3.63, 3.8) is 0 Å². The van der Waals surface area contributed by atoms with E-state index in [9.17, 15) is 4.39 Å². The van der Waals surface area contributed by atoms with E-state index >= 15 is 0 Å². The summed E-state index contributed by atoms with van der Waals surface area (Å²) in [7, 11) is 0. The van der Waals surface area contributed by atoms with Gasteiger partial charge in [-0.15, -0.1) is 0 Å². The van der Waals surface area contributed by atoms with E-state index in [0.717, 1.165) is 28.0 Å². The van der Waals surface area contributed by atoms with Crippen LogP contribution in [0.3, 0.4) is 0 Å². The van der Waals surface area contributed by atoms with E-state index in [2.05, 4.69) is 13.0 Å². The fourth-order valence-electron chi connectivity index (χ4n) is 2.23. The molecule has 3 heteroatoms. The summed E-state index contributed by atoms with van der Waals surface area (Å²) in [6, 6.07) is 8.74. The maximum absolute atomic E-state index is 13.3. The van der Waals surface area contributed by atoms with Crippen LogP contribution in [0.4, 0.5) is 4.39 Å². The van der Waals surface area contributed by atoms with Gasteiger partial charge in [-0.2, -0.15) is 0 Å². The molecule has 2 nitrogen and oxygen atoms in total. The van der Waals surface area contributed by atoms with Crippen molar-refractivity contribution in [1.82, 2.24) is 0 Å². The Morgan fingerprint density at radius 1 is 1.00 bits per heavy atom. The van der Waals surface area contributed by atoms with Crippen LogP contribution in [0.25, 0.3) is 0 Å². The lowest BCUT2D eigenvalue weighted by Gasteiger charge is -2.15. The van der Waals surface area contributed by atoms with Crippen LogP contribution in [-0.4, -0.2) is 0 Å². The fraction of sp³-hybridized carbons (Fsp3) is 0.294. The molecule has 2 aromatic carbocycles. The summed E-state index contributed by atoms with van der Waals surface area (Å²) in [6.45, 7) is 6.81. The predicted molar refractivity (Wildman–Crippen MR) is 79.3 cm³/mol. The van der Waals surface area contributed by atoms with Gasteiger partial charge in [0, 0.05) is 6.54 Å². The molecule has 20 heavy (non-hydrogen) atoms. The molecule has 0 spiro atoms. The standard InChI is InChI=1S/C17H20FNO/c1-11-4-5-12(2)17(13(11)3)20-10-15-8-16(18)7-6-14(15)9-19/h4-8H,9-10,19H2,1-3H3. The van der Waals surface area contributed by atoms with Gasteiger partial charge in [0.15, 0.2) is 0 Å². The first-order valence-electron chi connectivity index (χ1n) is 6.70. The molecule has 0 saturated carbocycles. The van der Waals surface area contributed by atoms with Crippen molar-refractivity contribution in [3.05, 3.63) is 64.0 Å². The van der Waals surface area contributed by atoms with Gasteiger partial charge in [-0.05, 0) is 60.7 Å². The Bertz CT molecular complexity index is 623. The molecule has 0 amide bonds. The lowest BCUT2D eigenvalue weighted by atomic mass is 10.0. The second kappa shape index (κ2) is 6.06. The van der Waals surface area contributed by atoms with E-state index < -0.39 is 0 Å². The molecule has 0 unspecified atom stereocenters. The monoisotopic (exact) mass is 273 g/mol. The van der Waals surface area contributed by atoms with Gasteiger partial charge in [-0.25, -0.2) is 4.39 Å². The highest BCUT2D eigenvalue weighted by molar-refractivity contribution is 5.44. The van der Waals surface area contributed by atoms with E-state index in [4.69, 9.17) is 10.5 Å². The van der Waals surface area contributed by atoms with Crippen LogP contribution in [0.5, 0.6) is 5.75 Å². The van der Waals surface area contributed by atoms with Crippen LogP contribution < -0.4 is 10.5 Å². The minimum Gasteiger partial charge on any atom is -0.488 e. The quantitative estimate of drug-likeness (QED) is 0.920. The summed E-state index contributed by atoms with van der Waals surface area (Å²) in [5.74, 6) is 0.607. The minimum absolute atomic E-state index is 0.265. The first kappa shape index (κ1) is 14.5. The average molecular weight is 273 g/mol. The number of hydrogen-bond acceptors (Lipinski definition) is 2.